The number of fused-ring (bicyclic) bond motifs is 2. The molecule has 14 heteroatoms. The Hall–Kier alpha value is -5.66. The van der Waals surface area contributed by atoms with E-state index < -0.39 is 24.0 Å². The standard InChI is InChI=1S/2C17H19N3O4/c2*1-9(2)23-15-8-10-12(7-11(15)16(18)21)19-5-3-13(10)24-14-4-6-20-17(14)22/h2*3,5,7-9,14H,4,6H2,1-2H3,(H2,18,21)(H,20,22). The third kappa shape index (κ3) is 7.65. The molecule has 6 N–H and O–H groups in total. The molecule has 2 unspecified atom stereocenters. The Labute approximate surface area is 276 Å². The second-order valence-corrected chi connectivity index (χ2v) is 11.8. The van der Waals surface area contributed by atoms with Crippen molar-refractivity contribution in [2.45, 2.75) is 65.0 Å². The molecule has 2 aliphatic rings. The lowest BCUT2D eigenvalue weighted by atomic mass is 10.1. The van der Waals surface area contributed by atoms with Crippen LogP contribution in [0.4, 0.5) is 0 Å². The summed E-state index contributed by atoms with van der Waals surface area (Å²) in [5, 5.41) is 6.80. The predicted octanol–water partition coefficient (Wildman–Crippen LogP) is 2.78. The highest BCUT2D eigenvalue weighted by Gasteiger charge is 2.28. The van der Waals surface area contributed by atoms with Gasteiger partial charge in [0.15, 0.2) is 12.2 Å². The van der Waals surface area contributed by atoms with Crippen molar-refractivity contribution in [3.63, 3.8) is 0 Å². The van der Waals surface area contributed by atoms with E-state index in [1.54, 1.807) is 48.8 Å². The van der Waals surface area contributed by atoms with Crippen LogP contribution >= 0.6 is 0 Å². The molecule has 14 nitrogen and oxygen atoms in total. The van der Waals surface area contributed by atoms with E-state index in [4.69, 9.17) is 30.4 Å². The summed E-state index contributed by atoms with van der Waals surface area (Å²) in [6.45, 7) is 8.63. The summed E-state index contributed by atoms with van der Waals surface area (Å²) < 4.78 is 23.1. The van der Waals surface area contributed by atoms with E-state index in [-0.39, 0.29) is 35.1 Å². The van der Waals surface area contributed by atoms with Crippen molar-refractivity contribution < 1.29 is 38.1 Å². The first-order valence-corrected chi connectivity index (χ1v) is 15.6. The third-order valence-corrected chi connectivity index (χ3v) is 7.40. The number of carbonyl (C=O) groups excluding carboxylic acids is 4. The molecule has 4 heterocycles. The SMILES string of the molecule is CC(C)Oc1cc2c(OC3CCNC3=O)ccnc2cc1C(N)=O.CC(C)Oc1cc2c(OC3CCNC3=O)ccnc2cc1C(N)=O. The Bertz CT molecular complexity index is 1740. The highest BCUT2D eigenvalue weighted by molar-refractivity contribution is 6.02. The minimum atomic E-state index is -0.587. The normalized spacial score (nSPS) is 17.1. The van der Waals surface area contributed by atoms with Crippen molar-refractivity contribution in [2.24, 2.45) is 11.5 Å². The summed E-state index contributed by atoms with van der Waals surface area (Å²) in [4.78, 5) is 55.3. The summed E-state index contributed by atoms with van der Waals surface area (Å²) >= 11 is 0. The van der Waals surface area contributed by atoms with Crippen LogP contribution in [0.1, 0.15) is 61.3 Å². The first kappa shape index (κ1) is 33.7. The lowest BCUT2D eigenvalue weighted by Crippen LogP contribution is -2.27. The number of hydrogen-bond donors (Lipinski definition) is 4. The van der Waals surface area contributed by atoms with Crippen molar-refractivity contribution in [1.29, 1.82) is 0 Å². The van der Waals surface area contributed by atoms with Crippen LogP contribution in [0.2, 0.25) is 0 Å². The smallest absolute Gasteiger partial charge is 0.261 e. The van der Waals surface area contributed by atoms with Crippen LogP contribution < -0.4 is 41.0 Å². The van der Waals surface area contributed by atoms with Crippen LogP contribution in [0.25, 0.3) is 21.8 Å². The molecule has 0 spiro atoms. The molecule has 2 aliphatic heterocycles. The van der Waals surface area contributed by atoms with Crippen LogP contribution in [0.3, 0.4) is 0 Å². The Morgan fingerprint density at radius 1 is 0.688 bits per heavy atom. The largest absolute Gasteiger partial charge is 0.490 e. The Morgan fingerprint density at radius 3 is 1.40 bits per heavy atom. The molecule has 0 radical (unpaired) electrons. The third-order valence-electron chi connectivity index (χ3n) is 7.40. The molecule has 48 heavy (non-hydrogen) atoms. The Morgan fingerprint density at radius 2 is 1.08 bits per heavy atom. The molecule has 6 rings (SSSR count). The van der Waals surface area contributed by atoms with Gasteiger partial charge in [0, 0.05) is 49.1 Å². The van der Waals surface area contributed by atoms with Crippen LogP contribution in [0.15, 0.2) is 48.8 Å². The van der Waals surface area contributed by atoms with Gasteiger partial charge in [0.1, 0.15) is 23.0 Å². The molecule has 4 amide bonds. The first-order chi connectivity index (χ1) is 22.9. The van der Waals surface area contributed by atoms with Crippen molar-refractivity contribution in [3.8, 4) is 23.0 Å². The number of primary amides is 2. The second kappa shape index (κ2) is 14.4. The van der Waals surface area contributed by atoms with E-state index >= 15 is 0 Å². The lowest BCUT2D eigenvalue weighted by molar-refractivity contribution is -0.125. The van der Waals surface area contributed by atoms with Gasteiger partial charge in [-0.3, -0.25) is 29.1 Å². The van der Waals surface area contributed by atoms with E-state index in [1.165, 1.54) is 0 Å². The average Bonchev–Trinajstić information content (AvgIpc) is 3.63. The molecule has 252 valence electrons. The fraction of sp³-hybridized carbons (Fsp3) is 0.353. The summed E-state index contributed by atoms with van der Waals surface area (Å²) in [7, 11) is 0. The van der Waals surface area contributed by atoms with E-state index in [9.17, 15) is 19.2 Å². The zero-order valence-electron chi connectivity index (χ0n) is 27.1. The van der Waals surface area contributed by atoms with Gasteiger partial charge in [-0.25, -0.2) is 0 Å². The summed E-state index contributed by atoms with van der Waals surface area (Å²) in [5.41, 5.74) is 12.5. The lowest BCUT2D eigenvalue weighted by Gasteiger charge is -2.16. The Kier molecular flexibility index (Phi) is 10.1. The molecule has 2 fully saturated rings. The highest BCUT2D eigenvalue weighted by atomic mass is 16.5. The molecule has 2 aromatic heterocycles. The number of nitrogens with one attached hydrogen (secondary N) is 2. The van der Waals surface area contributed by atoms with Crippen LogP contribution in [-0.4, -0.2) is 71.1 Å². The molecule has 0 bridgehead atoms. The van der Waals surface area contributed by atoms with Gasteiger partial charge in [0.2, 0.25) is 0 Å². The van der Waals surface area contributed by atoms with E-state index in [0.29, 0.717) is 70.7 Å². The van der Waals surface area contributed by atoms with E-state index in [0.717, 1.165) is 0 Å². The van der Waals surface area contributed by atoms with Crippen LogP contribution in [0, 0.1) is 0 Å². The van der Waals surface area contributed by atoms with Gasteiger partial charge < -0.3 is 41.0 Å². The van der Waals surface area contributed by atoms with Crippen LogP contribution in [-0.2, 0) is 9.59 Å². The van der Waals surface area contributed by atoms with Gasteiger partial charge in [-0.05, 0) is 64.1 Å². The van der Waals surface area contributed by atoms with Crippen molar-refractivity contribution in [2.75, 3.05) is 13.1 Å². The number of pyridine rings is 2. The molecule has 0 saturated carbocycles. The van der Waals surface area contributed by atoms with E-state index in [2.05, 4.69) is 20.6 Å². The highest BCUT2D eigenvalue weighted by Crippen LogP contribution is 2.34. The monoisotopic (exact) mass is 658 g/mol. The minimum Gasteiger partial charge on any atom is -0.490 e. The number of benzene rings is 2. The van der Waals surface area contributed by atoms with Crippen molar-refractivity contribution >= 4 is 45.4 Å². The Balaban J connectivity index is 0.000000188. The number of nitrogens with zero attached hydrogens (tertiary/aromatic N) is 2. The molecule has 2 saturated heterocycles. The number of hydrogen-bond acceptors (Lipinski definition) is 10. The zero-order chi connectivity index (χ0) is 34.5. The zero-order valence-corrected chi connectivity index (χ0v) is 27.1. The molecule has 2 atom stereocenters. The van der Waals surface area contributed by atoms with Gasteiger partial charge in [0.05, 0.1) is 34.4 Å². The average molecular weight is 659 g/mol. The molecular formula is C34H38N6O8. The van der Waals surface area contributed by atoms with Gasteiger partial charge >= 0.3 is 0 Å². The summed E-state index contributed by atoms with van der Waals surface area (Å²) in [6.07, 6.45) is 3.05. The number of ether oxygens (including phenoxy) is 4. The maximum Gasteiger partial charge on any atom is 0.261 e. The van der Waals surface area contributed by atoms with Gasteiger partial charge in [0.25, 0.3) is 23.6 Å². The first-order valence-electron chi connectivity index (χ1n) is 15.6. The fourth-order valence-corrected chi connectivity index (χ4v) is 5.26. The summed E-state index contributed by atoms with van der Waals surface area (Å²) in [5.74, 6) is 0.349. The molecular weight excluding hydrogens is 620 g/mol. The van der Waals surface area contributed by atoms with Crippen molar-refractivity contribution in [3.05, 3.63) is 59.9 Å². The molecule has 4 aromatic rings. The number of aromatic nitrogens is 2. The molecule has 2 aromatic carbocycles. The van der Waals surface area contributed by atoms with Crippen LogP contribution in [0.5, 0.6) is 23.0 Å². The quantitative estimate of drug-likeness (QED) is 0.196. The maximum absolute atomic E-state index is 11.7. The number of nitrogens with two attached hydrogens (primary N) is 2. The topological polar surface area (TPSA) is 207 Å². The van der Waals surface area contributed by atoms with Gasteiger partial charge in [-0.15, -0.1) is 0 Å². The molecule has 0 aliphatic carbocycles. The van der Waals surface area contributed by atoms with Gasteiger partial charge in [-0.1, -0.05) is 0 Å². The fourth-order valence-electron chi connectivity index (χ4n) is 5.26. The predicted molar refractivity (Wildman–Crippen MR) is 176 cm³/mol. The maximum atomic E-state index is 11.7. The van der Waals surface area contributed by atoms with E-state index in [1.807, 2.05) is 27.7 Å². The van der Waals surface area contributed by atoms with Gasteiger partial charge in [-0.2, -0.15) is 0 Å². The number of rotatable bonds is 10. The van der Waals surface area contributed by atoms with Crippen molar-refractivity contribution in [1.82, 2.24) is 20.6 Å². The number of amides is 4. The number of carbonyl (C=O) groups is 4. The minimum absolute atomic E-state index is 0.123. The summed E-state index contributed by atoms with van der Waals surface area (Å²) in [6, 6.07) is 9.91. The second-order valence-electron chi connectivity index (χ2n) is 11.8.